The number of aryl methyl sites for hydroxylation is 1. The number of hydrogen-bond acceptors (Lipinski definition) is 6. The second-order valence-corrected chi connectivity index (χ2v) is 2.84. The topological polar surface area (TPSA) is 77.6 Å². The number of nitrogens with two attached hydrogens (primary N) is 1. The predicted octanol–water partition coefficient (Wildman–Crippen LogP) is 0.626. The highest BCUT2D eigenvalue weighted by atomic mass is 32.1. The fourth-order valence-corrected chi connectivity index (χ4v) is 1.42. The van der Waals surface area contributed by atoms with Crippen LogP contribution in [-0.2, 0) is 6.42 Å². The van der Waals surface area contributed by atoms with Gasteiger partial charge >= 0.3 is 0 Å². The van der Waals surface area contributed by atoms with Gasteiger partial charge in [-0.2, -0.15) is 8.75 Å². The van der Waals surface area contributed by atoms with Crippen LogP contribution in [0.15, 0.2) is 0 Å². The minimum absolute atomic E-state index is 0.422. The lowest BCUT2D eigenvalue weighted by molar-refractivity contribution is 0.961. The molecule has 0 bridgehead atoms. The predicted molar refractivity (Wildman–Crippen MR) is 46.8 cm³/mol. The minimum Gasteiger partial charge on any atom is -0.382 e. The van der Waals surface area contributed by atoms with Crippen molar-refractivity contribution in [2.75, 3.05) is 5.73 Å². The van der Waals surface area contributed by atoms with E-state index < -0.39 is 0 Å². The number of rotatable bonds is 1. The van der Waals surface area contributed by atoms with Gasteiger partial charge in [0, 0.05) is 6.42 Å². The Balaban J connectivity index is 2.75. The van der Waals surface area contributed by atoms with Crippen LogP contribution >= 0.6 is 11.7 Å². The number of nitrogens with zero attached hydrogens (tertiary/aromatic N) is 4. The first-order chi connectivity index (χ1) is 5.81. The van der Waals surface area contributed by atoms with Crippen molar-refractivity contribution in [2.45, 2.75) is 13.3 Å². The number of hydrogen-bond donors (Lipinski definition) is 1. The van der Waals surface area contributed by atoms with E-state index in [9.17, 15) is 0 Å². The summed E-state index contributed by atoms with van der Waals surface area (Å²) in [7, 11) is 0. The SMILES string of the molecule is CCc1nc(N)c2nsnc2n1. The van der Waals surface area contributed by atoms with Gasteiger partial charge in [-0.15, -0.1) is 0 Å². The summed E-state index contributed by atoms with van der Waals surface area (Å²) < 4.78 is 7.96. The average Bonchev–Trinajstić information content (AvgIpc) is 2.52. The second-order valence-electron chi connectivity index (χ2n) is 2.32. The Morgan fingerprint density at radius 1 is 1.33 bits per heavy atom. The van der Waals surface area contributed by atoms with Crippen molar-refractivity contribution in [1.29, 1.82) is 0 Å². The van der Waals surface area contributed by atoms with Gasteiger partial charge in [0.2, 0.25) is 0 Å². The van der Waals surface area contributed by atoms with E-state index in [4.69, 9.17) is 5.73 Å². The zero-order valence-electron chi connectivity index (χ0n) is 6.48. The third-order valence-electron chi connectivity index (χ3n) is 1.51. The summed E-state index contributed by atoms with van der Waals surface area (Å²) in [6.07, 6.45) is 0.762. The molecule has 0 saturated carbocycles. The lowest BCUT2D eigenvalue weighted by Crippen LogP contribution is -1.99. The fraction of sp³-hybridized carbons (Fsp3) is 0.333. The maximum Gasteiger partial charge on any atom is 0.198 e. The third-order valence-corrected chi connectivity index (χ3v) is 2.03. The average molecular weight is 181 g/mol. The van der Waals surface area contributed by atoms with E-state index in [1.54, 1.807) is 0 Å². The summed E-state index contributed by atoms with van der Waals surface area (Å²) in [5, 5.41) is 0. The normalized spacial score (nSPS) is 10.8. The van der Waals surface area contributed by atoms with E-state index in [2.05, 4.69) is 18.7 Å². The standard InChI is InChI=1S/C6H7N5S/c1-2-3-8-5(7)4-6(9-3)11-12-10-4/h2H2,1H3,(H2,7,8,9,11). The Kier molecular flexibility index (Phi) is 1.61. The van der Waals surface area contributed by atoms with Crippen molar-refractivity contribution in [3.63, 3.8) is 0 Å². The molecule has 2 aromatic heterocycles. The molecule has 0 aliphatic rings. The smallest absolute Gasteiger partial charge is 0.198 e. The summed E-state index contributed by atoms with van der Waals surface area (Å²) in [5.41, 5.74) is 6.84. The van der Waals surface area contributed by atoms with Gasteiger partial charge in [0.1, 0.15) is 5.82 Å². The molecule has 0 amide bonds. The van der Waals surface area contributed by atoms with Crippen LogP contribution in [0.1, 0.15) is 12.7 Å². The Hall–Kier alpha value is -1.30. The van der Waals surface area contributed by atoms with Crippen LogP contribution in [0.25, 0.3) is 11.2 Å². The van der Waals surface area contributed by atoms with Gasteiger partial charge in [-0.3, -0.25) is 0 Å². The fourth-order valence-electron chi connectivity index (χ4n) is 0.916. The van der Waals surface area contributed by atoms with Crippen molar-refractivity contribution >= 4 is 28.7 Å². The molecular weight excluding hydrogens is 174 g/mol. The Bertz CT molecular complexity index is 409. The molecule has 0 atom stereocenters. The van der Waals surface area contributed by atoms with Gasteiger partial charge in [0.25, 0.3) is 0 Å². The van der Waals surface area contributed by atoms with Gasteiger partial charge in [-0.05, 0) is 0 Å². The molecule has 2 aromatic rings. The van der Waals surface area contributed by atoms with Crippen molar-refractivity contribution in [3.05, 3.63) is 5.82 Å². The molecule has 2 rings (SSSR count). The van der Waals surface area contributed by atoms with Crippen LogP contribution in [0.4, 0.5) is 5.82 Å². The molecule has 0 aliphatic carbocycles. The van der Waals surface area contributed by atoms with E-state index in [1.165, 1.54) is 0 Å². The van der Waals surface area contributed by atoms with E-state index in [-0.39, 0.29) is 0 Å². The maximum atomic E-state index is 5.63. The Morgan fingerprint density at radius 2 is 2.17 bits per heavy atom. The monoisotopic (exact) mass is 181 g/mol. The highest BCUT2D eigenvalue weighted by Gasteiger charge is 2.06. The summed E-state index contributed by atoms with van der Waals surface area (Å²) in [4.78, 5) is 8.22. The Labute approximate surface area is 73.0 Å². The first kappa shape index (κ1) is 7.35. The molecule has 12 heavy (non-hydrogen) atoms. The van der Waals surface area contributed by atoms with Crippen molar-refractivity contribution in [3.8, 4) is 0 Å². The number of aromatic nitrogens is 4. The first-order valence-corrected chi connectivity index (χ1v) is 4.29. The number of anilines is 1. The van der Waals surface area contributed by atoms with Crippen LogP contribution in [-0.4, -0.2) is 18.7 Å². The molecule has 0 spiro atoms. The quantitative estimate of drug-likeness (QED) is 0.698. The number of fused-ring (bicyclic) bond motifs is 1. The van der Waals surface area contributed by atoms with Crippen molar-refractivity contribution < 1.29 is 0 Å². The first-order valence-electron chi connectivity index (χ1n) is 3.56. The van der Waals surface area contributed by atoms with Gasteiger partial charge in [-0.1, -0.05) is 6.92 Å². The summed E-state index contributed by atoms with van der Waals surface area (Å²) >= 11 is 1.10. The molecule has 0 aliphatic heterocycles. The molecule has 5 nitrogen and oxygen atoms in total. The van der Waals surface area contributed by atoms with Gasteiger partial charge in [0.15, 0.2) is 17.0 Å². The molecule has 0 unspecified atom stereocenters. The molecule has 0 fully saturated rings. The van der Waals surface area contributed by atoms with E-state index in [0.29, 0.717) is 22.8 Å². The zero-order chi connectivity index (χ0) is 8.55. The zero-order valence-corrected chi connectivity index (χ0v) is 7.30. The third kappa shape index (κ3) is 1.00. The van der Waals surface area contributed by atoms with Crippen LogP contribution in [0.3, 0.4) is 0 Å². The molecular formula is C6H7N5S. The van der Waals surface area contributed by atoms with Gasteiger partial charge in [-0.25, -0.2) is 9.97 Å². The largest absolute Gasteiger partial charge is 0.382 e. The Morgan fingerprint density at radius 3 is 2.92 bits per heavy atom. The lowest BCUT2D eigenvalue weighted by Gasteiger charge is -1.95. The molecule has 2 N–H and O–H groups in total. The van der Waals surface area contributed by atoms with E-state index >= 15 is 0 Å². The van der Waals surface area contributed by atoms with Crippen LogP contribution in [0.5, 0.6) is 0 Å². The molecule has 0 saturated heterocycles. The maximum absolute atomic E-state index is 5.63. The van der Waals surface area contributed by atoms with E-state index in [1.807, 2.05) is 6.92 Å². The second kappa shape index (κ2) is 2.63. The number of nitrogen functional groups attached to an aromatic ring is 1. The van der Waals surface area contributed by atoms with Crippen molar-refractivity contribution in [1.82, 2.24) is 18.7 Å². The van der Waals surface area contributed by atoms with Crippen LogP contribution < -0.4 is 5.73 Å². The van der Waals surface area contributed by atoms with Crippen molar-refractivity contribution in [2.24, 2.45) is 0 Å². The summed E-state index contributed by atoms with van der Waals surface area (Å²) in [6.45, 7) is 1.97. The highest BCUT2D eigenvalue weighted by molar-refractivity contribution is 7.00. The molecule has 0 radical (unpaired) electrons. The van der Waals surface area contributed by atoms with E-state index in [0.717, 1.165) is 18.1 Å². The molecule has 6 heteroatoms. The summed E-state index contributed by atoms with van der Waals surface area (Å²) in [5.74, 6) is 1.14. The van der Waals surface area contributed by atoms with Crippen LogP contribution in [0.2, 0.25) is 0 Å². The molecule has 0 aromatic carbocycles. The summed E-state index contributed by atoms with van der Waals surface area (Å²) in [6, 6.07) is 0. The van der Waals surface area contributed by atoms with Crippen LogP contribution in [0, 0.1) is 0 Å². The molecule has 62 valence electrons. The highest BCUT2D eigenvalue weighted by Crippen LogP contribution is 2.14. The van der Waals surface area contributed by atoms with Gasteiger partial charge in [0.05, 0.1) is 11.7 Å². The minimum atomic E-state index is 0.422. The molecule has 2 heterocycles. The van der Waals surface area contributed by atoms with Gasteiger partial charge < -0.3 is 5.73 Å². The lowest BCUT2D eigenvalue weighted by atomic mass is 10.4.